The van der Waals surface area contributed by atoms with Gasteiger partial charge < -0.3 is 9.47 Å². The molecular weight excluding hydrogens is 653 g/mol. The first-order valence-corrected chi connectivity index (χ1v) is 18.5. The van der Waals surface area contributed by atoms with Crippen molar-refractivity contribution >= 4 is 49.6 Å². The van der Waals surface area contributed by atoms with Gasteiger partial charge >= 0.3 is 0 Å². The zero-order valence-corrected chi connectivity index (χ0v) is 29.7. The summed E-state index contributed by atoms with van der Waals surface area (Å²) in [5, 5.41) is 4.85. The van der Waals surface area contributed by atoms with Gasteiger partial charge in [0.2, 0.25) is 0 Å². The fourth-order valence-electron chi connectivity index (χ4n) is 8.19. The number of rotatable bonds is 7. The van der Waals surface area contributed by atoms with Gasteiger partial charge in [-0.15, -0.1) is 0 Å². The first kappa shape index (κ1) is 31.6. The lowest BCUT2D eigenvalue weighted by Gasteiger charge is -2.29. The van der Waals surface area contributed by atoms with Crippen molar-refractivity contribution in [3.05, 3.63) is 218 Å². The summed E-state index contributed by atoms with van der Waals surface area (Å²) in [6.45, 7) is 0. The molecule has 10 aromatic rings. The summed E-state index contributed by atoms with van der Waals surface area (Å²) < 4.78 is 2.48. The molecule has 0 atom stereocenters. The van der Waals surface area contributed by atoms with Crippen LogP contribution in [0.1, 0.15) is 0 Å². The van der Waals surface area contributed by atoms with E-state index < -0.39 is 0 Å². The van der Waals surface area contributed by atoms with E-state index in [1.165, 1.54) is 60.4 Å². The zero-order valence-electron chi connectivity index (χ0n) is 29.7. The van der Waals surface area contributed by atoms with E-state index in [-0.39, 0.29) is 0 Å². The van der Waals surface area contributed by atoms with E-state index in [4.69, 9.17) is 0 Å². The van der Waals surface area contributed by atoms with E-state index in [1.54, 1.807) is 0 Å². The molecule has 0 aliphatic carbocycles. The van der Waals surface area contributed by atoms with Crippen molar-refractivity contribution in [2.24, 2.45) is 0 Å². The standard InChI is InChI=1S/C52H36N2/c1-4-18-37(19-5-1)42-27-12-14-30-47(42)53(48-32-16-25-38-22-10-11-26-43(38)48)41-34-35-46-45-28-13-15-31-49(45)54(51(46)36-41)50-33-17-29-44(39-20-6-2-7-21-39)52(50)40-23-8-3-9-24-40/h1-36H. The Morgan fingerprint density at radius 2 is 0.870 bits per heavy atom. The molecule has 2 nitrogen and oxygen atoms in total. The quantitative estimate of drug-likeness (QED) is 0.162. The third kappa shape index (κ3) is 5.36. The maximum Gasteiger partial charge on any atom is 0.0562 e. The van der Waals surface area contributed by atoms with Gasteiger partial charge in [0.1, 0.15) is 0 Å². The molecule has 0 N–H and O–H groups in total. The molecule has 0 saturated carbocycles. The highest BCUT2D eigenvalue weighted by atomic mass is 15.1. The molecule has 0 radical (unpaired) electrons. The van der Waals surface area contributed by atoms with Crippen LogP contribution in [0.5, 0.6) is 0 Å². The number of para-hydroxylation sites is 2. The fourth-order valence-corrected chi connectivity index (χ4v) is 8.19. The van der Waals surface area contributed by atoms with Crippen LogP contribution >= 0.6 is 0 Å². The van der Waals surface area contributed by atoms with Gasteiger partial charge in [0, 0.05) is 33.0 Å². The predicted molar refractivity (Wildman–Crippen MR) is 229 cm³/mol. The van der Waals surface area contributed by atoms with E-state index in [0.29, 0.717) is 0 Å². The second-order valence-corrected chi connectivity index (χ2v) is 13.7. The minimum Gasteiger partial charge on any atom is -0.309 e. The lowest BCUT2D eigenvalue weighted by Crippen LogP contribution is -2.12. The third-order valence-electron chi connectivity index (χ3n) is 10.6. The summed E-state index contributed by atoms with van der Waals surface area (Å²) in [5.74, 6) is 0. The molecule has 0 spiro atoms. The lowest BCUT2D eigenvalue weighted by molar-refractivity contribution is 1.18. The smallest absolute Gasteiger partial charge is 0.0562 e. The van der Waals surface area contributed by atoms with E-state index in [0.717, 1.165) is 28.3 Å². The molecule has 1 heterocycles. The lowest BCUT2D eigenvalue weighted by atomic mass is 9.93. The molecule has 54 heavy (non-hydrogen) atoms. The summed E-state index contributed by atoms with van der Waals surface area (Å²) in [4.78, 5) is 2.45. The zero-order chi connectivity index (χ0) is 35.8. The second-order valence-electron chi connectivity index (χ2n) is 13.7. The van der Waals surface area contributed by atoms with Crippen LogP contribution in [0, 0.1) is 0 Å². The second kappa shape index (κ2) is 13.4. The monoisotopic (exact) mass is 688 g/mol. The van der Waals surface area contributed by atoms with Gasteiger partial charge in [-0.25, -0.2) is 0 Å². The first-order valence-electron chi connectivity index (χ1n) is 18.5. The van der Waals surface area contributed by atoms with Gasteiger partial charge in [-0.3, -0.25) is 0 Å². The van der Waals surface area contributed by atoms with Gasteiger partial charge in [-0.05, 0) is 64.0 Å². The van der Waals surface area contributed by atoms with Crippen molar-refractivity contribution in [1.29, 1.82) is 0 Å². The van der Waals surface area contributed by atoms with Crippen molar-refractivity contribution in [3.8, 4) is 39.1 Å². The predicted octanol–water partition coefficient (Wildman–Crippen LogP) is 14.4. The average Bonchev–Trinajstić information content (AvgIpc) is 3.58. The van der Waals surface area contributed by atoms with Gasteiger partial charge in [0.25, 0.3) is 0 Å². The topological polar surface area (TPSA) is 8.17 Å². The van der Waals surface area contributed by atoms with Crippen LogP contribution in [0.2, 0.25) is 0 Å². The van der Waals surface area contributed by atoms with Gasteiger partial charge in [0.15, 0.2) is 0 Å². The molecular formula is C52H36N2. The Morgan fingerprint density at radius 3 is 1.65 bits per heavy atom. The SMILES string of the molecule is c1ccc(-c2ccccc2N(c2ccc3c4ccccc4n(-c4cccc(-c5ccccc5)c4-c4ccccc4)c3c2)c2cccc3ccccc23)cc1. The van der Waals surface area contributed by atoms with Crippen LogP contribution < -0.4 is 4.90 Å². The van der Waals surface area contributed by atoms with Crippen molar-refractivity contribution in [2.75, 3.05) is 4.90 Å². The fraction of sp³-hybridized carbons (Fsp3) is 0. The number of benzene rings is 9. The molecule has 0 fully saturated rings. The summed E-state index contributed by atoms with van der Waals surface area (Å²) in [6.07, 6.45) is 0. The number of hydrogen-bond donors (Lipinski definition) is 0. The molecule has 254 valence electrons. The molecule has 10 rings (SSSR count). The maximum absolute atomic E-state index is 2.48. The summed E-state index contributed by atoms with van der Waals surface area (Å²) in [7, 11) is 0. The number of anilines is 3. The van der Waals surface area contributed by atoms with Crippen LogP contribution in [0.3, 0.4) is 0 Å². The largest absolute Gasteiger partial charge is 0.309 e. The highest BCUT2D eigenvalue weighted by molar-refractivity contribution is 6.12. The van der Waals surface area contributed by atoms with Crippen LogP contribution in [-0.2, 0) is 0 Å². The average molecular weight is 689 g/mol. The number of aromatic nitrogens is 1. The van der Waals surface area contributed by atoms with Gasteiger partial charge in [0.05, 0.1) is 28.1 Å². The summed E-state index contributed by atoms with van der Waals surface area (Å²) >= 11 is 0. The Labute approximate surface area is 315 Å². The number of hydrogen-bond acceptors (Lipinski definition) is 1. The summed E-state index contributed by atoms with van der Waals surface area (Å²) in [6, 6.07) is 78.9. The minimum absolute atomic E-state index is 1.09. The van der Waals surface area contributed by atoms with E-state index in [1.807, 2.05) is 0 Å². The van der Waals surface area contributed by atoms with Crippen molar-refractivity contribution in [1.82, 2.24) is 4.57 Å². The van der Waals surface area contributed by atoms with Crippen LogP contribution in [-0.4, -0.2) is 4.57 Å². The highest BCUT2D eigenvalue weighted by Crippen LogP contribution is 2.46. The highest BCUT2D eigenvalue weighted by Gasteiger charge is 2.23. The van der Waals surface area contributed by atoms with E-state index in [9.17, 15) is 0 Å². The molecule has 2 heteroatoms. The summed E-state index contributed by atoms with van der Waals surface area (Å²) in [5.41, 5.74) is 14.0. The molecule has 1 aromatic heterocycles. The molecule has 0 bridgehead atoms. The maximum atomic E-state index is 2.48. The molecule has 0 amide bonds. The molecule has 0 aliphatic heterocycles. The van der Waals surface area contributed by atoms with Crippen LogP contribution in [0.25, 0.3) is 71.6 Å². The molecule has 9 aromatic carbocycles. The molecule has 0 unspecified atom stereocenters. The Balaban J connectivity index is 1.29. The Hall–Kier alpha value is -7.16. The van der Waals surface area contributed by atoms with Crippen molar-refractivity contribution < 1.29 is 0 Å². The number of nitrogens with zero attached hydrogens (tertiary/aromatic N) is 2. The van der Waals surface area contributed by atoms with E-state index in [2.05, 4.69) is 228 Å². The van der Waals surface area contributed by atoms with Crippen LogP contribution in [0.15, 0.2) is 218 Å². The minimum atomic E-state index is 1.09. The Kier molecular flexibility index (Phi) is 7.85. The Morgan fingerprint density at radius 1 is 0.333 bits per heavy atom. The van der Waals surface area contributed by atoms with Gasteiger partial charge in [-0.2, -0.15) is 0 Å². The first-order chi connectivity index (χ1) is 26.8. The molecule has 0 aliphatic rings. The number of fused-ring (bicyclic) bond motifs is 4. The van der Waals surface area contributed by atoms with Crippen LogP contribution in [0.4, 0.5) is 17.1 Å². The van der Waals surface area contributed by atoms with Crippen molar-refractivity contribution in [2.45, 2.75) is 0 Å². The Bertz CT molecular complexity index is 2920. The van der Waals surface area contributed by atoms with Gasteiger partial charge in [-0.1, -0.05) is 182 Å². The van der Waals surface area contributed by atoms with E-state index >= 15 is 0 Å². The molecule has 0 saturated heterocycles. The normalized spacial score (nSPS) is 11.3. The third-order valence-corrected chi connectivity index (χ3v) is 10.6. The van der Waals surface area contributed by atoms with Crippen molar-refractivity contribution in [3.63, 3.8) is 0 Å².